The van der Waals surface area contributed by atoms with Crippen molar-refractivity contribution in [2.45, 2.75) is 13.8 Å². The highest BCUT2D eigenvalue weighted by Crippen LogP contribution is 2.34. The molecule has 0 aliphatic carbocycles. The molecule has 4 aromatic rings. The Kier molecular flexibility index (Phi) is 6.99. The first kappa shape index (κ1) is 22.7. The Morgan fingerprint density at radius 3 is 1.41 bits per heavy atom. The van der Waals surface area contributed by atoms with Crippen molar-refractivity contribution in [1.29, 1.82) is 0 Å². The van der Waals surface area contributed by atoms with Crippen LogP contribution in [0.15, 0.2) is 97.1 Å². The Hall–Kier alpha value is -4.44. The molecule has 0 bridgehead atoms. The molecule has 0 heterocycles. The second-order valence-corrected chi connectivity index (χ2v) is 7.94. The third-order valence-corrected chi connectivity index (χ3v) is 5.23. The van der Waals surface area contributed by atoms with Crippen LogP contribution < -0.4 is 9.47 Å². The van der Waals surface area contributed by atoms with Crippen LogP contribution in [0.3, 0.4) is 0 Å². The molecule has 4 aromatic carbocycles. The Morgan fingerprint density at radius 1 is 0.588 bits per heavy atom. The average molecular weight is 449 g/mol. The van der Waals surface area contributed by atoms with E-state index in [2.05, 4.69) is 0 Å². The van der Waals surface area contributed by atoms with Gasteiger partial charge in [0.15, 0.2) is 0 Å². The highest BCUT2D eigenvalue weighted by atomic mass is 16.5. The third-order valence-electron chi connectivity index (χ3n) is 5.23. The molecule has 0 fully saturated rings. The number of ether oxygens (including phenoxy) is 2. The van der Waals surface area contributed by atoms with Gasteiger partial charge in [-0.1, -0.05) is 83.9 Å². The lowest BCUT2D eigenvalue weighted by atomic mass is 10.1. The van der Waals surface area contributed by atoms with Crippen LogP contribution in [0, 0.1) is 13.8 Å². The summed E-state index contributed by atoms with van der Waals surface area (Å²) in [6, 6.07) is 26.3. The van der Waals surface area contributed by atoms with Crippen LogP contribution in [0.25, 0.3) is 22.9 Å². The number of fused-ring (bicyclic) bond motifs is 1. The first-order valence-electron chi connectivity index (χ1n) is 10.9. The van der Waals surface area contributed by atoms with Gasteiger partial charge in [-0.25, -0.2) is 9.59 Å². The highest BCUT2D eigenvalue weighted by molar-refractivity contribution is 5.99. The number of aryl methyl sites for hydroxylation is 2. The number of benzene rings is 4. The minimum atomic E-state index is -0.520. The molecule has 168 valence electrons. The molecule has 0 amide bonds. The van der Waals surface area contributed by atoms with Gasteiger partial charge in [-0.15, -0.1) is 0 Å². The van der Waals surface area contributed by atoms with Gasteiger partial charge in [-0.05, 0) is 54.6 Å². The Balaban J connectivity index is 1.53. The van der Waals surface area contributed by atoms with Crippen LogP contribution in [0.2, 0.25) is 0 Å². The zero-order valence-corrected chi connectivity index (χ0v) is 19.0. The molecule has 4 rings (SSSR count). The summed E-state index contributed by atoms with van der Waals surface area (Å²) in [5.74, 6) is -0.397. The maximum absolute atomic E-state index is 12.5. The van der Waals surface area contributed by atoms with Gasteiger partial charge < -0.3 is 9.47 Å². The van der Waals surface area contributed by atoms with E-state index in [9.17, 15) is 9.59 Å². The zero-order chi connectivity index (χ0) is 23.9. The summed E-state index contributed by atoms with van der Waals surface area (Å²) in [5, 5.41) is 1.35. The van der Waals surface area contributed by atoms with Crippen molar-refractivity contribution in [3.05, 3.63) is 119 Å². The number of carbonyl (C=O) groups excluding carboxylic acids is 2. The van der Waals surface area contributed by atoms with Crippen molar-refractivity contribution in [2.24, 2.45) is 0 Å². The number of hydrogen-bond donors (Lipinski definition) is 0. The average Bonchev–Trinajstić information content (AvgIpc) is 2.83. The molecule has 0 N–H and O–H groups in total. The van der Waals surface area contributed by atoms with Crippen LogP contribution in [0.4, 0.5) is 0 Å². The molecule has 0 saturated heterocycles. The van der Waals surface area contributed by atoms with Crippen LogP contribution >= 0.6 is 0 Å². The smallest absolute Gasteiger partial charge is 0.336 e. The number of esters is 2. The molecule has 0 saturated carbocycles. The first-order chi connectivity index (χ1) is 16.5. The van der Waals surface area contributed by atoms with Gasteiger partial charge in [0.25, 0.3) is 0 Å². The highest BCUT2D eigenvalue weighted by Gasteiger charge is 2.13. The van der Waals surface area contributed by atoms with Gasteiger partial charge >= 0.3 is 11.9 Å². The Labute approximate surface area is 198 Å². The van der Waals surface area contributed by atoms with Crippen molar-refractivity contribution in [1.82, 2.24) is 0 Å². The zero-order valence-electron chi connectivity index (χ0n) is 19.0. The van der Waals surface area contributed by atoms with Crippen LogP contribution in [-0.2, 0) is 9.59 Å². The number of carbonyl (C=O) groups is 2. The van der Waals surface area contributed by atoms with Gasteiger partial charge in [0.1, 0.15) is 11.5 Å². The second kappa shape index (κ2) is 10.5. The standard InChI is InChI=1S/C30H24O4/c1-21-9-13-23(14-10-21)17-19-28(31)33-26-7-3-5-25-6-4-8-27(30(25)26)34-29(32)20-18-24-15-11-22(2)12-16-24/h3-20H,1-2H3/b19-17+,20-18?. The largest absolute Gasteiger partial charge is 0.423 e. The first-order valence-corrected chi connectivity index (χ1v) is 10.9. The molecule has 0 radical (unpaired) electrons. The molecule has 0 aliphatic heterocycles. The lowest BCUT2D eigenvalue weighted by Gasteiger charge is -2.10. The second-order valence-electron chi connectivity index (χ2n) is 7.94. The predicted octanol–water partition coefficient (Wildman–Crippen LogP) is 6.69. The van der Waals surface area contributed by atoms with Gasteiger partial charge in [-0.2, -0.15) is 0 Å². The maximum Gasteiger partial charge on any atom is 0.336 e. The van der Waals surface area contributed by atoms with Crippen LogP contribution in [0.5, 0.6) is 11.5 Å². The molecule has 4 nitrogen and oxygen atoms in total. The molecule has 0 aromatic heterocycles. The van der Waals surface area contributed by atoms with E-state index < -0.39 is 11.9 Å². The molecular weight excluding hydrogens is 424 g/mol. The van der Waals surface area contributed by atoms with Crippen molar-refractivity contribution < 1.29 is 19.1 Å². The summed E-state index contributed by atoms with van der Waals surface area (Å²) < 4.78 is 11.2. The number of rotatable bonds is 6. The van der Waals surface area contributed by atoms with E-state index in [1.807, 2.05) is 74.5 Å². The SMILES string of the molecule is Cc1ccc(C=CC(=O)Oc2cccc3cccc(OC(=O)/C=C/c4ccc(C)cc4)c23)cc1. The summed E-state index contributed by atoms with van der Waals surface area (Å²) in [6.45, 7) is 4.01. The topological polar surface area (TPSA) is 52.6 Å². The van der Waals surface area contributed by atoms with Gasteiger partial charge in [0.2, 0.25) is 0 Å². The van der Waals surface area contributed by atoms with Crippen LogP contribution in [-0.4, -0.2) is 11.9 Å². The van der Waals surface area contributed by atoms with E-state index >= 15 is 0 Å². The minimum absolute atomic E-state index is 0.321. The molecule has 0 spiro atoms. The molecule has 34 heavy (non-hydrogen) atoms. The molecule has 0 aliphatic rings. The normalized spacial score (nSPS) is 11.2. The number of hydrogen-bond acceptors (Lipinski definition) is 4. The van der Waals surface area contributed by atoms with Crippen molar-refractivity contribution in [2.75, 3.05) is 0 Å². The monoisotopic (exact) mass is 448 g/mol. The fraction of sp³-hybridized carbons (Fsp3) is 0.0667. The van der Waals surface area contributed by atoms with E-state index in [-0.39, 0.29) is 0 Å². The van der Waals surface area contributed by atoms with Crippen molar-refractivity contribution in [3.8, 4) is 11.5 Å². The van der Waals surface area contributed by atoms with Crippen molar-refractivity contribution >= 4 is 34.9 Å². The van der Waals surface area contributed by atoms with E-state index in [1.54, 1.807) is 36.4 Å². The lowest BCUT2D eigenvalue weighted by Crippen LogP contribution is -2.07. The summed E-state index contributed by atoms with van der Waals surface area (Å²) in [6.07, 6.45) is 6.15. The lowest BCUT2D eigenvalue weighted by molar-refractivity contribution is -0.129. The fourth-order valence-electron chi connectivity index (χ4n) is 3.41. The Bertz CT molecular complexity index is 1270. The summed E-state index contributed by atoms with van der Waals surface area (Å²) in [7, 11) is 0. The molecule has 4 heteroatoms. The van der Waals surface area contributed by atoms with E-state index in [0.29, 0.717) is 16.9 Å². The van der Waals surface area contributed by atoms with Crippen molar-refractivity contribution in [3.63, 3.8) is 0 Å². The van der Waals surface area contributed by atoms with Gasteiger partial charge in [-0.3, -0.25) is 0 Å². The summed E-state index contributed by atoms with van der Waals surface area (Å²) in [4.78, 5) is 25.0. The summed E-state index contributed by atoms with van der Waals surface area (Å²) in [5.41, 5.74) is 4.09. The minimum Gasteiger partial charge on any atom is -0.423 e. The van der Waals surface area contributed by atoms with Gasteiger partial charge in [0, 0.05) is 12.2 Å². The maximum atomic E-state index is 12.5. The third kappa shape index (κ3) is 5.87. The van der Waals surface area contributed by atoms with Crippen LogP contribution in [0.1, 0.15) is 22.3 Å². The van der Waals surface area contributed by atoms with E-state index in [4.69, 9.17) is 9.47 Å². The summed E-state index contributed by atoms with van der Waals surface area (Å²) >= 11 is 0. The van der Waals surface area contributed by atoms with E-state index in [0.717, 1.165) is 27.6 Å². The quantitative estimate of drug-likeness (QED) is 0.187. The van der Waals surface area contributed by atoms with E-state index in [1.165, 1.54) is 12.2 Å². The predicted molar refractivity (Wildman–Crippen MR) is 136 cm³/mol. The molecule has 0 unspecified atom stereocenters. The fourth-order valence-corrected chi connectivity index (χ4v) is 3.41. The Morgan fingerprint density at radius 2 is 1.00 bits per heavy atom. The van der Waals surface area contributed by atoms with Gasteiger partial charge in [0.05, 0.1) is 5.39 Å². The molecule has 0 atom stereocenters. The molecular formula is C30H24O4.